The van der Waals surface area contributed by atoms with E-state index in [9.17, 15) is 5.11 Å². The average Bonchev–Trinajstić information content (AvgIpc) is 2.19. The van der Waals surface area contributed by atoms with Gasteiger partial charge >= 0.3 is 0 Å². The predicted molar refractivity (Wildman–Crippen MR) is 58.7 cm³/mol. The molecule has 0 aliphatic rings. The summed E-state index contributed by atoms with van der Waals surface area (Å²) in [6, 6.07) is 5.15. The number of benzene rings is 1. The van der Waals surface area contributed by atoms with Crippen LogP contribution in [-0.4, -0.2) is 24.3 Å². The van der Waals surface area contributed by atoms with Crippen LogP contribution in [0.1, 0.15) is 0 Å². The second-order valence-corrected chi connectivity index (χ2v) is 3.79. The van der Waals surface area contributed by atoms with E-state index in [1.165, 1.54) is 0 Å². The molecule has 1 atom stereocenters. The molecule has 0 radical (unpaired) electrons. The molecule has 1 aromatic rings. The summed E-state index contributed by atoms with van der Waals surface area (Å²) in [5.41, 5.74) is 4.32. The van der Waals surface area contributed by atoms with E-state index in [0.717, 1.165) is 5.69 Å². The second-order valence-electron chi connectivity index (χ2n) is 2.95. The summed E-state index contributed by atoms with van der Waals surface area (Å²) >= 11 is 11.7. The van der Waals surface area contributed by atoms with Gasteiger partial charge < -0.3 is 16.2 Å². The van der Waals surface area contributed by atoms with Crippen molar-refractivity contribution >= 4 is 28.9 Å². The molecule has 14 heavy (non-hydrogen) atoms. The van der Waals surface area contributed by atoms with Gasteiger partial charge in [0.05, 0.1) is 10.7 Å². The summed E-state index contributed by atoms with van der Waals surface area (Å²) < 4.78 is 0. The molecular weight excluding hydrogens is 223 g/mol. The largest absolute Gasteiger partial charge is 0.385 e. The van der Waals surface area contributed by atoms with Gasteiger partial charge in [0, 0.05) is 11.6 Å². The number of aliphatic hydroxyl groups excluding tert-OH is 1. The molecule has 0 saturated carbocycles. The highest BCUT2D eigenvalue weighted by Crippen LogP contribution is 2.25. The number of rotatable bonds is 4. The van der Waals surface area contributed by atoms with Gasteiger partial charge in [-0.25, -0.2) is 0 Å². The van der Waals surface area contributed by atoms with E-state index in [2.05, 4.69) is 11.1 Å². The summed E-state index contributed by atoms with van der Waals surface area (Å²) in [6.45, 7) is 0.884. The number of halogens is 2. The topological polar surface area (TPSA) is 59.9 Å². The first-order chi connectivity index (χ1) is 6.63. The van der Waals surface area contributed by atoms with Crippen LogP contribution in [0, 0.1) is 0 Å². The van der Waals surface area contributed by atoms with Gasteiger partial charge in [-0.3, -0.25) is 0 Å². The molecule has 0 aliphatic carbocycles. The smallest absolute Gasteiger partial charge is 0.120 e. The lowest BCUT2D eigenvalue weighted by atomic mass is 10.3. The van der Waals surface area contributed by atoms with E-state index in [1.54, 1.807) is 18.2 Å². The Hall–Kier alpha value is -0.480. The monoisotopic (exact) mass is 235 g/mol. The first-order valence-electron chi connectivity index (χ1n) is 4.29. The van der Waals surface area contributed by atoms with Crippen molar-refractivity contribution in [3.63, 3.8) is 0 Å². The van der Waals surface area contributed by atoms with Crippen LogP contribution in [-0.2, 0) is 0 Å². The highest BCUT2D eigenvalue weighted by atomic mass is 35.5. The molecule has 0 unspecified atom stereocenters. The summed E-state index contributed by atoms with van der Waals surface area (Å²) in [5, 5.41) is 13.5. The summed E-state index contributed by atoms with van der Waals surface area (Å²) in [5.74, 6) is 0. The third-order valence-corrected chi connectivity index (χ3v) is 2.35. The fraction of sp³-hybridized carbons (Fsp3) is 0.333. The lowest BCUT2D eigenvalue weighted by molar-refractivity contribution is -0.382. The Morgan fingerprint density at radius 1 is 1.43 bits per heavy atom. The van der Waals surface area contributed by atoms with Gasteiger partial charge in [0.2, 0.25) is 0 Å². The molecule has 0 saturated heterocycles. The molecule has 0 aliphatic heterocycles. The van der Waals surface area contributed by atoms with Gasteiger partial charge in [-0.05, 0) is 18.2 Å². The van der Waals surface area contributed by atoms with Crippen LogP contribution in [0.25, 0.3) is 0 Å². The Balaban J connectivity index is 2.62. The first-order valence-corrected chi connectivity index (χ1v) is 5.05. The van der Waals surface area contributed by atoms with Crippen LogP contribution in [0.15, 0.2) is 18.2 Å². The van der Waals surface area contributed by atoms with E-state index in [4.69, 9.17) is 23.2 Å². The Bertz CT molecular complexity index is 307. The van der Waals surface area contributed by atoms with Crippen molar-refractivity contribution in [3.05, 3.63) is 28.2 Å². The predicted octanol–water partition coefficient (Wildman–Crippen LogP) is 1.01. The maximum atomic E-state index is 9.28. The lowest BCUT2D eigenvalue weighted by Crippen LogP contribution is -2.57. The van der Waals surface area contributed by atoms with Crippen LogP contribution >= 0.6 is 23.2 Å². The summed E-state index contributed by atoms with van der Waals surface area (Å²) in [7, 11) is 0. The van der Waals surface area contributed by atoms with E-state index in [1.807, 2.05) is 0 Å². The Labute approximate surface area is 92.8 Å². The zero-order valence-electron chi connectivity index (χ0n) is 7.63. The third-order valence-electron chi connectivity index (χ3n) is 1.79. The molecule has 0 spiro atoms. The number of anilines is 1. The number of aliphatic hydroxyl groups is 1. The molecule has 0 amide bonds. The van der Waals surface area contributed by atoms with Crippen molar-refractivity contribution in [1.82, 2.24) is 0 Å². The maximum absolute atomic E-state index is 9.28. The maximum Gasteiger partial charge on any atom is 0.120 e. The van der Waals surface area contributed by atoms with Crippen molar-refractivity contribution in [2.24, 2.45) is 0 Å². The van der Waals surface area contributed by atoms with Crippen LogP contribution in [0.5, 0.6) is 0 Å². The summed E-state index contributed by atoms with van der Waals surface area (Å²) in [4.78, 5) is 0. The third kappa shape index (κ3) is 3.35. The van der Waals surface area contributed by atoms with Crippen molar-refractivity contribution < 1.29 is 10.8 Å². The molecular formula is C9H13Cl2N2O+. The average molecular weight is 236 g/mol. The normalized spacial score (nSPS) is 12.6. The number of nitrogens with one attached hydrogen (secondary N) is 1. The van der Waals surface area contributed by atoms with E-state index in [-0.39, 0.29) is 0 Å². The zero-order valence-corrected chi connectivity index (χ0v) is 9.15. The van der Waals surface area contributed by atoms with Crippen LogP contribution in [0.2, 0.25) is 10.0 Å². The SMILES string of the molecule is [NH3+]C[C@H](O)CNc1cc(Cl)ccc1Cl. The van der Waals surface area contributed by atoms with Crippen LogP contribution in [0.4, 0.5) is 5.69 Å². The zero-order chi connectivity index (χ0) is 10.6. The van der Waals surface area contributed by atoms with E-state index < -0.39 is 6.10 Å². The molecule has 5 heteroatoms. The lowest BCUT2D eigenvalue weighted by Gasteiger charge is -2.10. The second kappa shape index (κ2) is 5.41. The van der Waals surface area contributed by atoms with Gasteiger partial charge in [0.1, 0.15) is 12.6 Å². The minimum absolute atomic E-state index is 0.420. The quantitative estimate of drug-likeness (QED) is 0.730. The van der Waals surface area contributed by atoms with E-state index in [0.29, 0.717) is 23.1 Å². The molecule has 1 rings (SSSR count). The molecule has 0 bridgehead atoms. The van der Waals surface area contributed by atoms with Crippen LogP contribution in [0.3, 0.4) is 0 Å². The van der Waals surface area contributed by atoms with Gasteiger partial charge in [-0.15, -0.1) is 0 Å². The van der Waals surface area contributed by atoms with Gasteiger partial charge in [-0.2, -0.15) is 0 Å². The fourth-order valence-corrected chi connectivity index (χ4v) is 1.32. The first kappa shape index (κ1) is 11.6. The standard InChI is InChI=1S/C9H12Cl2N2O/c10-6-1-2-8(11)9(3-6)13-5-7(14)4-12/h1-3,7,13-14H,4-5,12H2/p+1/t7-/m0/s1. The fourth-order valence-electron chi connectivity index (χ4n) is 0.963. The van der Waals surface area contributed by atoms with Crippen molar-refractivity contribution in [2.75, 3.05) is 18.4 Å². The van der Waals surface area contributed by atoms with E-state index >= 15 is 0 Å². The molecule has 5 N–H and O–H groups in total. The minimum atomic E-state index is -0.468. The molecule has 0 aromatic heterocycles. The van der Waals surface area contributed by atoms with Gasteiger partial charge in [0.25, 0.3) is 0 Å². The molecule has 3 nitrogen and oxygen atoms in total. The molecule has 0 fully saturated rings. The highest BCUT2D eigenvalue weighted by molar-refractivity contribution is 6.35. The Morgan fingerprint density at radius 3 is 2.79 bits per heavy atom. The Kier molecular flexibility index (Phi) is 4.48. The van der Waals surface area contributed by atoms with Crippen molar-refractivity contribution in [1.29, 1.82) is 0 Å². The Morgan fingerprint density at radius 2 is 2.14 bits per heavy atom. The highest BCUT2D eigenvalue weighted by Gasteiger charge is 2.05. The van der Waals surface area contributed by atoms with Crippen molar-refractivity contribution in [3.8, 4) is 0 Å². The molecule has 78 valence electrons. The van der Waals surface area contributed by atoms with Gasteiger partial charge in [-0.1, -0.05) is 23.2 Å². The molecule has 0 heterocycles. The minimum Gasteiger partial charge on any atom is -0.385 e. The number of hydrogen-bond donors (Lipinski definition) is 3. The number of hydrogen-bond acceptors (Lipinski definition) is 2. The summed E-state index contributed by atoms with van der Waals surface area (Å²) in [6.07, 6.45) is -0.468. The van der Waals surface area contributed by atoms with Crippen molar-refractivity contribution in [2.45, 2.75) is 6.10 Å². The molecule has 1 aromatic carbocycles. The number of quaternary nitrogens is 1. The van der Waals surface area contributed by atoms with Crippen LogP contribution < -0.4 is 11.1 Å². The van der Waals surface area contributed by atoms with Gasteiger partial charge in [0.15, 0.2) is 0 Å².